The summed E-state index contributed by atoms with van der Waals surface area (Å²) in [4.78, 5) is 2.91. The number of hydrogen-bond donors (Lipinski definition) is 1. The molecule has 1 heterocycles. The van der Waals surface area contributed by atoms with Crippen LogP contribution in [0, 0.1) is 17.3 Å². The molecule has 0 amide bonds. The maximum absolute atomic E-state index is 6.39. The third-order valence-electron chi connectivity index (χ3n) is 6.42. The standard InChI is InChI=1S/C18H34N2/c1-14-10-17(2,3)12-18(11-14,13-19)20-9-5-7-15-6-4-8-16(15)20/h14-16H,4-13,19H2,1-3H3. The van der Waals surface area contributed by atoms with Crippen molar-refractivity contribution in [3.05, 3.63) is 0 Å². The molecule has 116 valence electrons. The molecule has 0 radical (unpaired) electrons. The molecule has 4 atom stereocenters. The number of piperidine rings is 1. The van der Waals surface area contributed by atoms with E-state index in [2.05, 4.69) is 25.7 Å². The Balaban J connectivity index is 1.87. The molecule has 0 aromatic heterocycles. The van der Waals surface area contributed by atoms with E-state index in [1.165, 1.54) is 57.9 Å². The normalized spacial score (nSPS) is 45.3. The van der Waals surface area contributed by atoms with Crippen LogP contribution in [0.25, 0.3) is 0 Å². The average Bonchev–Trinajstić information content (AvgIpc) is 2.84. The van der Waals surface area contributed by atoms with E-state index in [9.17, 15) is 0 Å². The van der Waals surface area contributed by atoms with Crippen LogP contribution in [0.2, 0.25) is 0 Å². The highest BCUT2D eigenvalue weighted by molar-refractivity contribution is 5.05. The van der Waals surface area contributed by atoms with Gasteiger partial charge in [-0.15, -0.1) is 0 Å². The molecule has 0 bridgehead atoms. The van der Waals surface area contributed by atoms with E-state index in [-0.39, 0.29) is 0 Å². The fourth-order valence-corrected chi connectivity index (χ4v) is 6.23. The molecule has 1 saturated heterocycles. The summed E-state index contributed by atoms with van der Waals surface area (Å²) in [5.74, 6) is 1.80. The summed E-state index contributed by atoms with van der Waals surface area (Å²) in [6.45, 7) is 9.54. The molecule has 0 aromatic rings. The summed E-state index contributed by atoms with van der Waals surface area (Å²) in [5, 5.41) is 0. The van der Waals surface area contributed by atoms with Crippen molar-refractivity contribution in [1.82, 2.24) is 4.90 Å². The molecule has 2 aliphatic carbocycles. The van der Waals surface area contributed by atoms with E-state index < -0.39 is 0 Å². The van der Waals surface area contributed by atoms with Gasteiger partial charge in [-0.3, -0.25) is 4.90 Å². The van der Waals surface area contributed by atoms with Crippen LogP contribution in [-0.4, -0.2) is 29.6 Å². The van der Waals surface area contributed by atoms with Gasteiger partial charge < -0.3 is 5.73 Å². The molecule has 3 rings (SSSR count). The van der Waals surface area contributed by atoms with Crippen molar-refractivity contribution >= 4 is 0 Å². The van der Waals surface area contributed by atoms with Crippen LogP contribution >= 0.6 is 0 Å². The second kappa shape index (κ2) is 5.28. The summed E-state index contributed by atoms with van der Waals surface area (Å²) in [5.41, 5.74) is 7.15. The second-order valence-corrected chi connectivity index (χ2v) is 8.88. The van der Waals surface area contributed by atoms with Gasteiger partial charge in [0, 0.05) is 18.1 Å². The molecule has 3 aliphatic rings. The Morgan fingerprint density at radius 1 is 1.10 bits per heavy atom. The molecule has 0 aromatic carbocycles. The lowest BCUT2D eigenvalue weighted by atomic mass is 9.62. The van der Waals surface area contributed by atoms with Gasteiger partial charge in [0.1, 0.15) is 0 Å². The van der Waals surface area contributed by atoms with Crippen molar-refractivity contribution in [3.63, 3.8) is 0 Å². The van der Waals surface area contributed by atoms with E-state index in [0.29, 0.717) is 11.0 Å². The van der Waals surface area contributed by atoms with Crippen molar-refractivity contribution in [1.29, 1.82) is 0 Å². The van der Waals surface area contributed by atoms with E-state index in [1.54, 1.807) is 0 Å². The Hall–Kier alpha value is -0.0800. The number of fused-ring (bicyclic) bond motifs is 1. The van der Waals surface area contributed by atoms with Crippen LogP contribution in [0.5, 0.6) is 0 Å². The molecule has 2 N–H and O–H groups in total. The van der Waals surface area contributed by atoms with Gasteiger partial charge in [-0.25, -0.2) is 0 Å². The Bertz CT molecular complexity index is 351. The van der Waals surface area contributed by atoms with Gasteiger partial charge in [-0.05, 0) is 68.7 Å². The van der Waals surface area contributed by atoms with Gasteiger partial charge >= 0.3 is 0 Å². The maximum Gasteiger partial charge on any atom is 0.0342 e. The topological polar surface area (TPSA) is 29.3 Å². The Morgan fingerprint density at radius 2 is 1.85 bits per heavy atom. The Morgan fingerprint density at radius 3 is 2.55 bits per heavy atom. The molecule has 20 heavy (non-hydrogen) atoms. The molecule has 0 spiro atoms. The first kappa shape index (κ1) is 14.8. The number of hydrogen-bond acceptors (Lipinski definition) is 2. The number of likely N-dealkylation sites (tertiary alicyclic amines) is 1. The SMILES string of the molecule is CC1CC(C)(C)CC(CN)(N2CCCC3CCCC32)C1. The first-order valence-corrected chi connectivity index (χ1v) is 8.93. The molecular weight excluding hydrogens is 244 g/mol. The van der Waals surface area contributed by atoms with Gasteiger partial charge in [-0.2, -0.15) is 0 Å². The quantitative estimate of drug-likeness (QED) is 0.832. The number of nitrogens with zero attached hydrogens (tertiary/aromatic N) is 1. The number of rotatable bonds is 2. The predicted octanol–water partition coefficient (Wildman–Crippen LogP) is 3.79. The molecule has 2 saturated carbocycles. The van der Waals surface area contributed by atoms with Gasteiger partial charge in [0.15, 0.2) is 0 Å². The van der Waals surface area contributed by atoms with Crippen molar-refractivity contribution in [2.24, 2.45) is 23.0 Å². The summed E-state index contributed by atoms with van der Waals surface area (Å²) in [7, 11) is 0. The summed E-state index contributed by atoms with van der Waals surface area (Å²) >= 11 is 0. The predicted molar refractivity (Wildman–Crippen MR) is 85.7 cm³/mol. The highest BCUT2D eigenvalue weighted by atomic mass is 15.3. The van der Waals surface area contributed by atoms with Crippen molar-refractivity contribution in [3.8, 4) is 0 Å². The zero-order chi connectivity index (χ0) is 14.4. The van der Waals surface area contributed by atoms with Gasteiger partial charge in [0.2, 0.25) is 0 Å². The lowest BCUT2D eigenvalue weighted by Crippen LogP contribution is -2.63. The van der Waals surface area contributed by atoms with Crippen LogP contribution in [0.4, 0.5) is 0 Å². The zero-order valence-corrected chi connectivity index (χ0v) is 13.8. The molecule has 4 unspecified atom stereocenters. The third kappa shape index (κ3) is 2.54. The third-order valence-corrected chi connectivity index (χ3v) is 6.42. The minimum absolute atomic E-state index is 0.300. The van der Waals surface area contributed by atoms with Gasteiger partial charge in [0.05, 0.1) is 0 Å². The van der Waals surface area contributed by atoms with E-state index >= 15 is 0 Å². The molecule has 1 aliphatic heterocycles. The molecular formula is C18H34N2. The highest BCUT2D eigenvalue weighted by Crippen LogP contribution is 2.50. The van der Waals surface area contributed by atoms with Crippen molar-refractivity contribution < 1.29 is 0 Å². The Labute approximate surface area is 125 Å². The van der Waals surface area contributed by atoms with Crippen LogP contribution in [0.3, 0.4) is 0 Å². The molecule has 3 fully saturated rings. The van der Waals surface area contributed by atoms with Crippen LogP contribution in [0.15, 0.2) is 0 Å². The monoisotopic (exact) mass is 278 g/mol. The lowest BCUT2D eigenvalue weighted by molar-refractivity contribution is -0.0597. The van der Waals surface area contributed by atoms with Crippen LogP contribution < -0.4 is 5.73 Å². The van der Waals surface area contributed by atoms with E-state index in [4.69, 9.17) is 5.73 Å². The van der Waals surface area contributed by atoms with Crippen LogP contribution in [-0.2, 0) is 0 Å². The minimum atomic E-state index is 0.300. The summed E-state index contributed by atoms with van der Waals surface area (Å²) in [6.07, 6.45) is 11.2. The van der Waals surface area contributed by atoms with E-state index in [0.717, 1.165) is 24.4 Å². The minimum Gasteiger partial charge on any atom is -0.329 e. The lowest BCUT2D eigenvalue weighted by Gasteiger charge is -2.57. The summed E-state index contributed by atoms with van der Waals surface area (Å²) in [6, 6.07) is 0.855. The Kier molecular flexibility index (Phi) is 3.92. The molecule has 2 heteroatoms. The second-order valence-electron chi connectivity index (χ2n) is 8.88. The zero-order valence-electron chi connectivity index (χ0n) is 13.8. The first-order chi connectivity index (χ1) is 9.46. The van der Waals surface area contributed by atoms with Crippen molar-refractivity contribution in [2.45, 2.75) is 83.7 Å². The van der Waals surface area contributed by atoms with Crippen LogP contribution in [0.1, 0.15) is 72.1 Å². The average molecular weight is 278 g/mol. The number of nitrogens with two attached hydrogens (primary N) is 1. The highest BCUT2D eigenvalue weighted by Gasteiger charge is 2.50. The fraction of sp³-hybridized carbons (Fsp3) is 1.00. The molecule has 2 nitrogen and oxygen atoms in total. The largest absolute Gasteiger partial charge is 0.329 e. The van der Waals surface area contributed by atoms with E-state index in [1.807, 2.05) is 0 Å². The summed E-state index contributed by atoms with van der Waals surface area (Å²) < 4.78 is 0. The maximum atomic E-state index is 6.39. The fourth-order valence-electron chi connectivity index (χ4n) is 6.23. The van der Waals surface area contributed by atoms with Gasteiger partial charge in [-0.1, -0.05) is 27.2 Å². The first-order valence-electron chi connectivity index (χ1n) is 8.93. The van der Waals surface area contributed by atoms with Gasteiger partial charge in [0.25, 0.3) is 0 Å². The van der Waals surface area contributed by atoms with Crippen molar-refractivity contribution in [2.75, 3.05) is 13.1 Å². The smallest absolute Gasteiger partial charge is 0.0342 e.